The third-order valence-corrected chi connectivity index (χ3v) is 7.06. The number of hydrogen-bond donors (Lipinski definition) is 2. The first-order valence-electron chi connectivity index (χ1n) is 10.3. The zero-order valence-corrected chi connectivity index (χ0v) is 18.5. The molecule has 33 heavy (non-hydrogen) atoms. The van der Waals surface area contributed by atoms with Gasteiger partial charge in [0.1, 0.15) is 5.82 Å². The van der Waals surface area contributed by atoms with Crippen LogP contribution < -0.4 is 19.9 Å². The second-order valence-corrected chi connectivity index (χ2v) is 9.89. The quantitative estimate of drug-likeness (QED) is 0.584. The SMILES string of the molecule is Cc1cc(F)c(NC(=O)C2(c3ccc4c(c3)OCO4)CC2)cc1-c1cccc(S(N)(=O)=O)c1.[HH]. The third-order valence-electron chi connectivity index (χ3n) is 6.15. The van der Waals surface area contributed by atoms with E-state index >= 15 is 0 Å². The second kappa shape index (κ2) is 7.57. The van der Waals surface area contributed by atoms with Gasteiger partial charge in [0.05, 0.1) is 16.0 Å². The van der Waals surface area contributed by atoms with Crippen molar-refractivity contribution in [2.45, 2.75) is 30.1 Å². The van der Waals surface area contributed by atoms with Crippen molar-refractivity contribution in [2.24, 2.45) is 5.14 Å². The highest BCUT2D eigenvalue weighted by atomic mass is 32.2. The molecule has 1 aliphatic heterocycles. The van der Waals surface area contributed by atoms with Crippen LogP contribution in [0.2, 0.25) is 0 Å². The van der Waals surface area contributed by atoms with E-state index in [-0.39, 0.29) is 24.7 Å². The van der Waals surface area contributed by atoms with Gasteiger partial charge in [-0.1, -0.05) is 18.2 Å². The van der Waals surface area contributed by atoms with Crippen molar-refractivity contribution in [3.8, 4) is 22.6 Å². The summed E-state index contributed by atoms with van der Waals surface area (Å²) in [4.78, 5) is 13.2. The van der Waals surface area contributed by atoms with Crippen LogP contribution in [-0.4, -0.2) is 21.1 Å². The standard InChI is InChI=1S/C24H21FN2O5S.H2/c1-14-9-19(25)20(12-18(14)15-3-2-4-17(10-15)33(26,29)30)27-23(28)24(7-8-24)16-5-6-21-22(11-16)32-13-31-21;/h2-6,9-12H,7-8,13H2,1H3,(H,27,28)(H2,26,29,30);1H. The maximum absolute atomic E-state index is 14.8. The number of halogens is 1. The Morgan fingerprint density at radius 2 is 1.85 bits per heavy atom. The van der Waals surface area contributed by atoms with E-state index < -0.39 is 21.3 Å². The molecule has 3 aromatic carbocycles. The van der Waals surface area contributed by atoms with Crippen molar-refractivity contribution in [3.63, 3.8) is 0 Å². The van der Waals surface area contributed by atoms with E-state index in [0.29, 0.717) is 41.0 Å². The summed E-state index contributed by atoms with van der Waals surface area (Å²) < 4.78 is 49.0. The Labute approximate surface area is 191 Å². The number of fused-ring (bicyclic) bond motifs is 1. The molecule has 0 bridgehead atoms. The summed E-state index contributed by atoms with van der Waals surface area (Å²) in [6.45, 7) is 1.85. The Morgan fingerprint density at radius 1 is 1.09 bits per heavy atom. The van der Waals surface area contributed by atoms with Gasteiger partial charge in [-0.25, -0.2) is 17.9 Å². The largest absolute Gasteiger partial charge is 0.454 e. The minimum Gasteiger partial charge on any atom is -0.454 e. The normalized spacial score (nSPS) is 15.8. The van der Waals surface area contributed by atoms with Crippen molar-refractivity contribution in [1.82, 2.24) is 0 Å². The fraction of sp³-hybridized carbons (Fsp3) is 0.208. The molecular formula is C24H23FN2O5S. The highest BCUT2D eigenvalue weighted by Gasteiger charge is 2.51. The number of aryl methyl sites for hydroxylation is 1. The zero-order valence-electron chi connectivity index (χ0n) is 17.7. The molecule has 0 aromatic heterocycles. The molecule has 0 spiro atoms. The van der Waals surface area contributed by atoms with Crippen LogP contribution in [0.3, 0.4) is 0 Å². The maximum Gasteiger partial charge on any atom is 0.238 e. The molecule has 1 saturated carbocycles. The molecule has 1 amide bonds. The average molecular weight is 471 g/mol. The van der Waals surface area contributed by atoms with Gasteiger partial charge in [0.2, 0.25) is 22.7 Å². The van der Waals surface area contributed by atoms with Gasteiger partial charge in [-0.05, 0) is 78.4 Å². The molecule has 1 fully saturated rings. The van der Waals surface area contributed by atoms with Gasteiger partial charge in [0.15, 0.2) is 11.5 Å². The number of nitrogens with two attached hydrogens (primary N) is 1. The van der Waals surface area contributed by atoms with Gasteiger partial charge in [-0.2, -0.15) is 0 Å². The van der Waals surface area contributed by atoms with Crippen molar-refractivity contribution in [2.75, 3.05) is 12.1 Å². The Bertz CT molecular complexity index is 1410. The number of benzene rings is 3. The Kier molecular flexibility index (Phi) is 4.91. The zero-order chi connectivity index (χ0) is 23.4. The maximum atomic E-state index is 14.8. The topological polar surface area (TPSA) is 108 Å². The molecule has 0 saturated heterocycles. The Balaban J connectivity index is 0.00000274. The average Bonchev–Trinajstić information content (AvgIpc) is 3.46. The lowest BCUT2D eigenvalue weighted by molar-refractivity contribution is -0.118. The molecule has 7 nitrogen and oxygen atoms in total. The molecule has 1 aliphatic carbocycles. The van der Waals surface area contributed by atoms with Crippen LogP contribution in [0.1, 0.15) is 25.4 Å². The molecule has 3 N–H and O–H groups in total. The first-order chi connectivity index (χ1) is 15.7. The highest BCUT2D eigenvalue weighted by Crippen LogP contribution is 2.51. The van der Waals surface area contributed by atoms with Crippen molar-refractivity contribution >= 4 is 21.6 Å². The fourth-order valence-electron chi connectivity index (χ4n) is 4.13. The van der Waals surface area contributed by atoms with Gasteiger partial charge < -0.3 is 14.8 Å². The highest BCUT2D eigenvalue weighted by molar-refractivity contribution is 7.89. The van der Waals surface area contributed by atoms with E-state index in [1.165, 1.54) is 24.3 Å². The number of sulfonamides is 1. The van der Waals surface area contributed by atoms with E-state index in [9.17, 15) is 17.6 Å². The van der Waals surface area contributed by atoms with Crippen LogP contribution in [0.15, 0.2) is 59.5 Å². The molecular weight excluding hydrogens is 447 g/mol. The number of rotatable bonds is 5. The van der Waals surface area contributed by atoms with Crippen LogP contribution in [0.5, 0.6) is 11.5 Å². The first-order valence-corrected chi connectivity index (χ1v) is 11.9. The Morgan fingerprint density at radius 3 is 2.58 bits per heavy atom. The predicted octanol–water partition coefficient (Wildman–Crippen LogP) is 4.09. The smallest absolute Gasteiger partial charge is 0.238 e. The van der Waals surface area contributed by atoms with Crippen molar-refractivity contribution < 1.29 is 28.5 Å². The molecule has 1 heterocycles. The summed E-state index contributed by atoms with van der Waals surface area (Å²) >= 11 is 0. The van der Waals surface area contributed by atoms with Crippen LogP contribution in [0.4, 0.5) is 10.1 Å². The number of carbonyl (C=O) groups is 1. The molecule has 2 aliphatic rings. The van der Waals surface area contributed by atoms with Crippen LogP contribution >= 0.6 is 0 Å². The monoisotopic (exact) mass is 470 g/mol. The lowest BCUT2D eigenvalue weighted by Crippen LogP contribution is -2.28. The molecule has 172 valence electrons. The van der Waals surface area contributed by atoms with E-state index in [2.05, 4.69) is 5.32 Å². The summed E-state index contributed by atoms with van der Waals surface area (Å²) in [5.74, 6) is 0.332. The van der Waals surface area contributed by atoms with Gasteiger partial charge in [-0.3, -0.25) is 4.79 Å². The predicted molar refractivity (Wildman–Crippen MR) is 122 cm³/mol. The van der Waals surface area contributed by atoms with Crippen LogP contribution in [0.25, 0.3) is 11.1 Å². The lowest BCUT2D eigenvalue weighted by atomic mass is 9.94. The molecule has 0 unspecified atom stereocenters. The van der Waals surface area contributed by atoms with Crippen molar-refractivity contribution in [1.29, 1.82) is 0 Å². The number of amides is 1. The molecule has 0 radical (unpaired) electrons. The number of nitrogens with one attached hydrogen (secondary N) is 1. The summed E-state index contributed by atoms with van der Waals surface area (Å²) in [6.07, 6.45) is 1.27. The van der Waals surface area contributed by atoms with Crippen LogP contribution in [0, 0.1) is 12.7 Å². The van der Waals surface area contributed by atoms with Gasteiger partial charge in [-0.15, -0.1) is 0 Å². The lowest BCUT2D eigenvalue weighted by Gasteiger charge is -2.18. The molecule has 5 rings (SSSR count). The summed E-state index contributed by atoms with van der Waals surface area (Å²) in [7, 11) is -3.89. The van der Waals surface area contributed by atoms with Crippen molar-refractivity contribution in [3.05, 3.63) is 71.5 Å². The number of carbonyl (C=O) groups excluding carboxylic acids is 1. The van der Waals surface area contributed by atoms with Gasteiger partial charge >= 0.3 is 0 Å². The molecule has 9 heteroatoms. The second-order valence-electron chi connectivity index (χ2n) is 8.32. The first kappa shape index (κ1) is 21.4. The summed E-state index contributed by atoms with van der Waals surface area (Å²) in [5, 5.41) is 7.98. The molecule has 0 atom stereocenters. The van der Waals surface area contributed by atoms with E-state index in [4.69, 9.17) is 14.6 Å². The van der Waals surface area contributed by atoms with Gasteiger partial charge in [0, 0.05) is 1.43 Å². The van der Waals surface area contributed by atoms with E-state index in [0.717, 1.165) is 5.56 Å². The van der Waals surface area contributed by atoms with Gasteiger partial charge in [0.25, 0.3) is 0 Å². The number of hydrogen-bond acceptors (Lipinski definition) is 5. The number of anilines is 1. The van der Waals surface area contributed by atoms with E-state index in [1.54, 1.807) is 31.2 Å². The van der Waals surface area contributed by atoms with Crippen LogP contribution in [-0.2, 0) is 20.2 Å². The number of ether oxygens (including phenoxy) is 2. The third kappa shape index (κ3) is 3.83. The Hall–Kier alpha value is -3.43. The minimum absolute atomic E-state index is 0. The minimum atomic E-state index is -3.89. The summed E-state index contributed by atoms with van der Waals surface area (Å²) in [5.41, 5.74) is 1.78. The fourth-order valence-corrected chi connectivity index (χ4v) is 4.69. The molecule has 3 aromatic rings. The summed E-state index contributed by atoms with van der Waals surface area (Å²) in [6, 6.07) is 14.3. The number of primary sulfonamides is 1. The van der Waals surface area contributed by atoms with E-state index in [1.807, 2.05) is 6.07 Å².